The fourth-order valence-electron chi connectivity index (χ4n) is 5.20. The van der Waals surface area contributed by atoms with Gasteiger partial charge in [-0.3, -0.25) is 20.0 Å². The molecule has 4 rings (SSSR count). The Bertz CT molecular complexity index is 967. The Balaban J connectivity index is 1.13. The molecule has 9 heteroatoms. The zero-order valence-corrected chi connectivity index (χ0v) is 22.2. The van der Waals surface area contributed by atoms with E-state index in [4.69, 9.17) is 0 Å². The lowest BCUT2D eigenvalue weighted by atomic mass is 9.87. The van der Waals surface area contributed by atoms with Gasteiger partial charge >= 0.3 is 6.18 Å². The quantitative estimate of drug-likeness (QED) is 0.607. The van der Waals surface area contributed by atoms with Crippen LogP contribution in [0.4, 0.5) is 18.9 Å². The number of likely N-dealkylation sites (tertiary alicyclic amines) is 1. The second-order valence-corrected chi connectivity index (χ2v) is 11.4. The van der Waals surface area contributed by atoms with E-state index in [0.29, 0.717) is 19.5 Å². The number of piperidine rings is 1. The molecule has 37 heavy (non-hydrogen) atoms. The van der Waals surface area contributed by atoms with E-state index in [1.54, 1.807) is 0 Å². The van der Waals surface area contributed by atoms with Crippen molar-refractivity contribution in [1.29, 1.82) is 0 Å². The maximum absolute atomic E-state index is 12.8. The highest BCUT2D eigenvalue weighted by Crippen LogP contribution is 2.27. The lowest BCUT2D eigenvalue weighted by Crippen LogP contribution is -2.49. The molecule has 0 radical (unpaired) electrons. The van der Waals surface area contributed by atoms with Gasteiger partial charge in [-0.1, -0.05) is 39.0 Å². The number of hydrogen-bond donors (Lipinski definition) is 1. The highest BCUT2D eigenvalue weighted by molar-refractivity contribution is 5.81. The summed E-state index contributed by atoms with van der Waals surface area (Å²) in [5.74, 6) is 0.187. The van der Waals surface area contributed by atoms with Gasteiger partial charge in [-0.2, -0.15) is 13.2 Å². The number of nitrogens with zero attached hydrogens (tertiary/aromatic N) is 4. The van der Waals surface area contributed by atoms with E-state index in [-0.39, 0.29) is 30.0 Å². The molecule has 204 valence electrons. The van der Waals surface area contributed by atoms with Gasteiger partial charge < -0.3 is 9.80 Å². The normalized spacial score (nSPS) is 22.3. The number of rotatable bonds is 6. The summed E-state index contributed by atoms with van der Waals surface area (Å²) in [5.41, 5.74) is 2.08. The molecule has 0 spiro atoms. The third-order valence-corrected chi connectivity index (χ3v) is 7.67. The Labute approximate surface area is 218 Å². The number of allylic oxidation sites excluding steroid dienone is 1. The van der Waals surface area contributed by atoms with E-state index in [1.807, 2.05) is 4.90 Å². The molecule has 6 nitrogen and oxygen atoms in total. The van der Waals surface area contributed by atoms with Crippen molar-refractivity contribution in [3.05, 3.63) is 41.5 Å². The van der Waals surface area contributed by atoms with Crippen molar-refractivity contribution in [1.82, 2.24) is 15.1 Å². The van der Waals surface area contributed by atoms with Crippen LogP contribution in [0.15, 0.2) is 40.9 Å². The van der Waals surface area contributed by atoms with Crippen molar-refractivity contribution in [2.24, 2.45) is 4.99 Å². The van der Waals surface area contributed by atoms with Gasteiger partial charge in [-0.15, -0.1) is 0 Å². The molecule has 3 aliphatic heterocycles. The molecular weight excluding hydrogens is 479 g/mol. The SMILES string of the molecule is CC(C)(C)c1ccc(N2CCN(CCC(=O)N3CCC(NC4CC=C(C(F)(F)F)C=N4)CC3)CC2)cc1. The van der Waals surface area contributed by atoms with Crippen LogP contribution in [-0.4, -0.2) is 86.1 Å². The fraction of sp³-hybridized carbons (Fsp3) is 0.643. The molecule has 1 amide bonds. The first-order chi connectivity index (χ1) is 17.5. The van der Waals surface area contributed by atoms with Gasteiger partial charge in [-0.05, 0) is 36.0 Å². The molecule has 0 bridgehead atoms. The standard InChI is InChI=1S/C28H40F3N5O/c1-27(2,3)21-4-7-24(8-5-21)35-18-16-34(17-19-35)13-12-26(37)36-14-10-23(11-15-36)33-25-9-6-22(20-32-25)28(29,30)31/h4-8,20,23,25,33H,9-19H2,1-3H3. The number of nitrogens with one attached hydrogen (secondary N) is 1. The number of benzene rings is 1. The summed E-state index contributed by atoms with van der Waals surface area (Å²) >= 11 is 0. The van der Waals surface area contributed by atoms with E-state index >= 15 is 0 Å². The molecule has 1 aromatic rings. The van der Waals surface area contributed by atoms with Gasteiger partial charge in [0.1, 0.15) is 6.17 Å². The van der Waals surface area contributed by atoms with Crippen LogP contribution in [0.3, 0.4) is 0 Å². The summed E-state index contributed by atoms with van der Waals surface area (Å²) in [6.07, 6.45) is -0.203. The Hall–Kier alpha value is -2.39. The highest BCUT2D eigenvalue weighted by Gasteiger charge is 2.34. The maximum Gasteiger partial charge on any atom is 0.417 e. The van der Waals surface area contributed by atoms with Crippen LogP contribution in [0.2, 0.25) is 0 Å². The van der Waals surface area contributed by atoms with Gasteiger partial charge in [0.05, 0.1) is 5.57 Å². The summed E-state index contributed by atoms with van der Waals surface area (Å²) < 4.78 is 38.2. The molecule has 0 aromatic heterocycles. The van der Waals surface area contributed by atoms with Crippen molar-refractivity contribution in [2.75, 3.05) is 50.7 Å². The Morgan fingerprint density at radius 3 is 2.19 bits per heavy atom. The summed E-state index contributed by atoms with van der Waals surface area (Å²) in [6, 6.07) is 9.05. The second-order valence-electron chi connectivity index (χ2n) is 11.4. The van der Waals surface area contributed by atoms with E-state index < -0.39 is 11.7 Å². The van der Waals surface area contributed by atoms with Crippen LogP contribution in [0.1, 0.15) is 52.0 Å². The second kappa shape index (κ2) is 11.6. The van der Waals surface area contributed by atoms with E-state index in [9.17, 15) is 18.0 Å². The summed E-state index contributed by atoms with van der Waals surface area (Å²) in [7, 11) is 0. The minimum absolute atomic E-state index is 0.154. The first-order valence-corrected chi connectivity index (χ1v) is 13.4. The Morgan fingerprint density at radius 1 is 1.00 bits per heavy atom. The van der Waals surface area contributed by atoms with Crippen molar-refractivity contribution in [2.45, 2.75) is 70.3 Å². The molecule has 3 heterocycles. The van der Waals surface area contributed by atoms with E-state index in [0.717, 1.165) is 51.8 Å². The highest BCUT2D eigenvalue weighted by atomic mass is 19.4. The van der Waals surface area contributed by atoms with Gasteiger partial charge in [0.15, 0.2) is 0 Å². The first-order valence-electron chi connectivity index (χ1n) is 13.4. The van der Waals surface area contributed by atoms with E-state index in [2.05, 4.69) is 65.1 Å². The summed E-state index contributed by atoms with van der Waals surface area (Å²) in [6.45, 7) is 12.6. The third kappa shape index (κ3) is 7.57. The van der Waals surface area contributed by atoms with Gasteiger partial charge in [-0.25, -0.2) is 0 Å². The van der Waals surface area contributed by atoms with E-state index in [1.165, 1.54) is 17.3 Å². The molecule has 2 fully saturated rings. The van der Waals surface area contributed by atoms with Crippen LogP contribution in [0.5, 0.6) is 0 Å². The lowest BCUT2D eigenvalue weighted by Gasteiger charge is -2.37. The molecule has 0 aliphatic carbocycles. The number of aliphatic imine (C=N–C) groups is 1. The average molecular weight is 520 g/mol. The first kappa shape index (κ1) is 27.6. The monoisotopic (exact) mass is 519 g/mol. The zero-order valence-electron chi connectivity index (χ0n) is 22.2. The van der Waals surface area contributed by atoms with Crippen LogP contribution in [-0.2, 0) is 10.2 Å². The number of alkyl halides is 3. The third-order valence-electron chi connectivity index (χ3n) is 7.67. The number of dihydropyridines is 1. The van der Waals surface area contributed by atoms with Crippen LogP contribution in [0, 0.1) is 0 Å². The number of piperazine rings is 1. The smallest absolute Gasteiger partial charge is 0.369 e. The number of amides is 1. The number of halogens is 3. The predicted molar refractivity (Wildman–Crippen MR) is 142 cm³/mol. The van der Waals surface area contributed by atoms with Gasteiger partial charge in [0.2, 0.25) is 5.91 Å². The number of carbonyl (C=O) groups is 1. The predicted octanol–water partition coefficient (Wildman–Crippen LogP) is 4.37. The van der Waals surface area contributed by atoms with Crippen molar-refractivity contribution >= 4 is 17.8 Å². The average Bonchev–Trinajstić information content (AvgIpc) is 2.87. The summed E-state index contributed by atoms with van der Waals surface area (Å²) in [4.78, 5) is 23.5. The molecule has 1 unspecified atom stereocenters. The van der Waals surface area contributed by atoms with Crippen molar-refractivity contribution in [3.8, 4) is 0 Å². The topological polar surface area (TPSA) is 51.2 Å². The number of carbonyl (C=O) groups excluding carboxylic acids is 1. The minimum Gasteiger partial charge on any atom is -0.369 e. The van der Waals surface area contributed by atoms with Gasteiger partial charge in [0.25, 0.3) is 0 Å². The Kier molecular flexibility index (Phi) is 8.63. The Morgan fingerprint density at radius 2 is 1.65 bits per heavy atom. The summed E-state index contributed by atoms with van der Waals surface area (Å²) in [5, 5.41) is 3.34. The molecule has 0 saturated carbocycles. The van der Waals surface area contributed by atoms with Crippen molar-refractivity contribution in [3.63, 3.8) is 0 Å². The van der Waals surface area contributed by atoms with Gasteiger partial charge in [0, 0.05) is 76.6 Å². The maximum atomic E-state index is 12.8. The molecule has 1 N–H and O–H groups in total. The van der Waals surface area contributed by atoms with Crippen LogP contribution >= 0.6 is 0 Å². The largest absolute Gasteiger partial charge is 0.417 e. The fourth-order valence-corrected chi connectivity index (χ4v) is 5.20. The van der Waals surface area contributed by atoms with Crippen LogP contribution < -0.4 is 10.2 Å². The van der Waals surface area contributed by atoms with Crippen LogP contribution in [0.25, 0.3) is 0 Å². The number of anilines is 1. The molecule has 1 aromatic carbocycles. The zero-order chi connectivity index (χ0) is 26.6. The number of hydrogen-bond acceptors (Lipinski definition) is 5. The van der Waals surface area contributed by atoms with Crippen molar-refractivity contribution < 1.29 is 18.0 Å². The molecule has 3 aliphatic rings. The molecule has 2 saturated heterocycles. The molecular formula is C28H40F3N5O. The minimum atomic E-state index is -4.34. The molecule has 1 atom stereocenters. The lowest BCUT2D eigenvalue weighted by molar-refractivity contribution is -0.132.